The summed E-state index contributed by atoms with van der Waals surface area (Å²) < 4.78 is 68.4. The van der Waals surface area contributed by atoms with E-state index in [0.29, 0.717) is 24.7 Å². The summed E-state index contributed by atoms with van der Waals surface area (Å²) in [5.74, 6) is -0.490. The van der Waals surface area contributed by atoms with Gasteiger partial charge in [0.25, 0.3) is 6.43 Å². The molecule has 0 spiro atoms. The zero-order valence-electron chi connectivity index (χ0n) is 16.9. The van der Waals surface area contributed by atoms with E-state index in [0.717, 1.165) is 30.4 Å². The van der Waals surface area contributed by atoms with Crippen LogP contribution in [0.2, 0.25) is 0 Å². The van der Waals surface area contributed by atoms with E-state index >= 15 is 0 Å². The van der Waals surface area contributed by atoms with Crippen molar-refractivity contribution in [3.8, 4) is 0 Å². The molecule has 162 valence electrons. The van der Waals surface area contributed by atoms with Crippen LogP contribution in [0.1, 0.15) is 94.1 Å². The molecule has 0 amide bonds. The Kier molecular flexibility index (Phi) is 6.50. The monoisotopic (exact) mass is 414 g/mol. The largest absolute Gasteiger partial charge is 0.269 e. The lowest BCUT2D eigenvalue weighted by Gasteiger charge is -2.40. The Morgan fingerprint density at radius 3 is 1.69 bits per heavy atom. The van der Waals surface area contributed by atoms with Crippen molar-refractivity contribution in [3.05, 3.63) is 34.9 Å². The second kappa shape index (κ2) is 8.93. The van der Waals surface area contributed by atoms with Crippen LogP contribution in [0.4, 0.5) is 22.0 Å². The molecule has 3 saturated carbocycles. The predicted octanol–water partition coefficient (Wildman–Crippen LogP) is 8.12. The van der Waals surface area contributed by atoms with Crippen LogP contribution in [0.15, 0.2) is 12.1 Å². The number of rotatable bonds is 4. The second-order valence-corrected chi connectivity index (χ2v) is 9.61. The van der Waals surface area contributed by atoms with E-state index in [1.165, 1.54) is 51.4 Å². The topological polar surface area (TPSA) is 0 Å². The maximum absolute atomic E-state index is 15.0. The minimum atomic E-state index is -3.21. The lowest BCUT2D eigenvalue weighted by molar-refractivity contribution is 0.0927. The van der Waals surface area contributed by atoms with Gasteiger partial charge in [0.05, 0.1) is 5.56 Å². The van der Waals surface area contributed by atoms with Crippen LogP contribution in [0.3, 0.4) is 0 Å². The molecular formula is C24H31F5. The smallest absolute Gasteiger partial charge is 0.247 e. The van der Waals surface area contributed by atoms with Gasteiger partial charge in [0.15, 0.2) is 0 Å². The van der Waals surface area contributed by atoms with Gasteiger partial charge >= 0.3 is 0 Å². The molecule has 3 aliphatic rings. The standard InChI is InChI=1S/C24H31F5/c25-20-11-17(16-7-5-15(6-8-16)14-3-1-2-4-14)9-10-19(20)18-12-21(26)23(24(28)29)22(27)13-18/h12-17,19-20,24H,1-11H2. The molecule has 3 fully saturated rings. The maximum Gasteiger partial charge on any atom is 0.269 e. The Balaban J connectivity index is 1.35. The highest BCUT2D eigenvalue weighted by Crippen LogP contribution is 2.48. The first kappa shape index (κ1) is 21.1. The number of hydrogen-bond acceptors (Lipinski definition) is 0. The van der Waals surface area contributed by atoms with Gasteiger partial charge in [0, 0.05) is 5.92 Å². The Labute approximate surface area is 170 Å². The van der Waals surface area contributed by atoms with Gasteiger partial charge in [-0.2, -0.15) is 0 Å². The highest BCUT2D eigenvalue weighted by Gasteiger charge is 2.38. The number of alkyl halides is 3. The van der Waals surface area contributed by atoms with Crippen molar-refractivity contribution in [2.24, 2.45) is 23.7 Å². The van der Waals surface area contributed by atoms with Gasteiger partial charge in [0.2, 0.25) is 0 Å². The van der Waals surface area contributed by atoms with Crippen molar-refractivity contribution in [1.82, 2.24) is 0 Å². The summed E-state index contributed by atoms with van der Waals surface area (Å²) >= 11 is 0. The lowest BCUT2D eigenvalue weighted by atomic mass is 9.66. The number of halogens is 5. The molecule has 29 heavy (non-hydrogen) atoms. The third-order valence-corrected chi connectivity index (χ3v) is 8.11. The molecule has 0 N–H and O–H groups in total. The maximum atomic E-state index is 15.0. The molecule has 0 saturated heterocycles. The van der Waals surface area contributed by atoms with Crippen molar-refractivity contribution in [2.75, 3.05) is 0 Å². The Morgan fingerprint density at radius 2 is 1.17 bits per heavy atom. The first-order chi connectivity index (χ1) is 13.9. The van der Waals surface area contributed by atoms with Gasteiger partial charge in [-0.15, -0.1) is 0 Å². The lowest BCUT2D eigenvalue weighted by Crippen LogP contribution is -2.32. The van der Waals surface area contributed by atoms with Crippen LogP contribution in [0.25, 0.3) is 0 Å². The van der Waals surface area contributed by atoms with E-state index in [-0.39, 0.29) is 5.56 Å². The fraction of sp³-hybridized carbons (Fsp3) is 0.750. The molecule has 3 atom stereocenters. The fourth-order valence-corrected chi connectivity index (χ4v) is 6.49. The van der Waals surface area contributed by atoms with E-state index in [4.69, 9.17) is 0 Å². The predicted molar refractivity (Wildman–Crippen MR) is 104 cm³/mol. The molecule has 1 aromatic rings. The van der Waals surface area contributed by atoms with Crippen LogP contribution < -0.4 is 0 Å². The summed E-state index contributed by atoms with van der Waals surface area (Å²) in [5, 5.41) is 0. The van der Waals surface area contributed by atoms with Crippen molar-refractivity contribution < 1.29 is 22.0 Å². The summed E-state index contributed by atoms with van der Waals surface area (Å²) in [6.07, 6.45) is 7.80. The zero-order chi connectivity index (χ0) is 20.5. The van der Waals surface area contributed by atoms with E-state index in [2.05, 4.69) is 0 Å². The normalized spacial score (nSPS) is 34.1. The molecule has 0 nitrogen and oxygen atoms in total. The van der Waals surface area contributed by atoms with Gasteiger partial charge in [-0.1, -0.05) is 25.7 Å². The fourth-order valence-electron chi connectivity index (χ4n) is 6.49. The Hall–Kier alpha value is -1.13. The molecule has 3 aliphatic carbocycles. The van der Waals surface area contributed by atoms with Crippen LogP contribution in [0.5, 0.6) is 0 Å². The van der Waals surface area contributed by atoms with E-state index in [1.807, 2.05) is 0 Å². The highest BCUT2D eigenvalue weighted by molar-refractivity contribution is 5.30. The third kappa shape index (κ3) is 4.49. The van der Waals surface area contributed by atoms with Crippen molar-refractivity contribution in [1.29, 1.82) is 0 Å². The van der Waals surface area contributed by atoms with E-state index in [9.17, 15) is 22.0 Å². The summed E-state index contributed by atoms with van der Waals surface area (Å²) in [7, 11) is 0. The molecule has 0 aromatic heterocycles. The van der Waals surface area contributed by atoms with E-state index in [1.54, 1.807) is 0 Å². The molecule has 3 unspecified atom stereocenters. The Bertz CT molecular complexity index is 666. The van der Waals surface area contributed by atoms with Gasteiger partial charge < -0.3 is 0 Å². The molecule has 0 heterocycles. The molecule has 4 rings (SSSR count). The first-order valence-corrected chi connectivity index (χ1v) is 11.3. The molecule has 1 aromatic carbocycles. The number of hydrogen-bond donors (Lipinski definition) is 0. The van der Waals surface area contributed by atoms with Gasteiger partial charge in [-0.05, 0) is 86.3 Å². The van der Waals surface area contributed by atoms with Gasteiger partial charge in [0.1, 0.15) is 17.8 Å². The van der Waals surface area contributed by atoms with Crippen LogP contribution in [-0.2, 0) is 0 Å². The molecule has 5 heteroatoms. The summed E-state index contributed by atoms with van der Waals surface area (Å²) in [6, 6.07) is 1.82. The zero-order valence-corrected chi connectivity index (χ0v) is 16.9. The SMILES string of the molecule is Fc1cc(C2CCC(C3CCC(C4CCCC4)CC3)CC2F)cc(F)c1C(F)F. The van der Waals surface area contributed by atoms with E-state index < -0.39 is 35.7 Å². The van der Waals surface area contributed by atoms with Crippen molar-refractivity contribution in [2.45, 2.75) is 89.1 Å². The Morgan fingerprint density at radius 1 is 0.690 bits per heavy atom. The molecular weight excluding hydrogens is 383 g/mol. The van der Waals surface area contributed by atoms with Crippen molar-refractivity contribution >= 4 is 0 Å². The van der Waals surface area contributed by atoms with Crippen molar-refractivity contribution in [3.63, 3.8) is 0 Å². The summed E-state index contributed by atoms with van der Waals surface area (Å²) in [5.41, 5.74) is -1.03. The average molecular weight is 415 g/mol. The molecule has 0 radical (unpaired) electrons. The van der Waals surface area contributed by atoms with Gasteiger partial charge in [-0.25, -0.2) is 22.0 Å². The minimum absolute atomic E-state index is 0.181. The van der Waals surface area contributed by atoms with Gasteiger partial charge in [-0.3, -0.25) is 0 Å². The minimum Gasteiger partial charge on any atom is -0.247 e. The second-order valence-electron chi connectivity index (χ2n) is 9.61. The number of benzene rings is 1. The summed E-state index contributed by atoms with van der Waals surface area (Å²) in [4.78, 5) is 0. The van der Waals surface area contributed by atoms with Crippen LogP contribution >= 0.6 is 0 Å². The quantitative estimate of drug-likeness (QED) is 0.436. The third-order valence-electron chi connectivity index (χ3n) is 8.11. The molecule has 0 aliphatic heterocycles. The highest BCUT2D eigenvalue weighted by atomic mass is 19.3. The van der Waals surface area contributed by atoms with Crippen LogP contribution in [0, 0.1) is 35.3 Å². The molecule has 0 bridgehead atoms. The average Bonchev–Trinajstić information content (AvgIpc) is 3.22. The first-order valence-electron chi connectivity index (χ1n) is 11.3. The van der Waals surface area contributed by atoms with Crippen LogP contribution in [-0.4, -0.2) is 6.17 Å². The summed E-state index contributed by atoms with van der Waals surface area (Å²) in [6.45, 7) is 0.